The molecule has 0 bridgehead atoms. The van der Waals surface area contributed by atoms with Gasteiger partial charge in [-0.1, -0.05) is 152 Å². The number of carboxylic acids is 3. The number of H-pyrrole nitrogens is 1. The van der Waals surface area contributed by atoms with Gasteiger partial charge in [0.2, 0.25) is 29.5 Å². The highest BCUT2D eigenvalue weighted by atomic mass is 79.9. The van der Waals surface area contributed by atoms with Crippen molar-refractivity contribution in [3.8, 4) is 0 Å². The number of hydrogen-bond donors (Lipinski definition) is 10. The lowest BCUT2D eigenvalue weighted by Crippen LogP contribution is -2.51. The first-order valence-electron chi connectivity index (χ1n) is 43.6. The van der Waals surface area contributed by atoms with Gasteiger partial charge < -0.3 is 55.9 Å². The quantitative estimate of drug-likeness (QED) is 0.00732. The average Bonchev–Trinajstić information content (AvgIpc) is 1.68. The minimum absolute atomic E-state index is 0.0144. The highest BCUT2D eigenvalue weighted by Crippen LogP contribution is 2.47. The molecule has 748 valence electrons. The lowest BCUT2D eigenvalue weighted by Gasteiger charge is -2.25. The van der Waals surface area contributed by atoms with Crippen molar-refractivity contribution in [1.29, 1.82) is 0 Å². The number of nitrogens with one attached hydrogen (secondary N) is 6. The number of carbonyl (C=O) groups excluding carboxylic acids is 10. The molecule has 40 heteroatoms. The van der Waals surface area contributed by atoms with Crippen LogP contribution >= 0.6 is 63.0 Å². The van der Waals surface area contributed by atoms with Gasteiger partial charge >= 0.3 is 37.9 Å². The Morgan fingerprint density at radius 1 is 0.471 bits per heavy atom. The van der Waals surface area contributed by atoms with Crippen molar-refractivity contribution >= 4 is 160 Å². The van der Waals surface area contributed by atoms with Gasteiger partial charge in [-0.25, -0.2) is 4.79 Å². The zero-order chi connectivity index (χ0) is 102. The number of para-hydroxylation sites is 1. The second-order valence-corrected chi connectivity index (χ2v) is 41.1. The first-order chi connectivity index (χ1) is 63.6. The van der Waals surface area contributed by atoms with Gasteiger partial charge in [-0.05, 0) is 196 Å². The Morgan fingerprint density at radius 2 is 0.809 bits per heavy atom. The number of aliphatic carboxylic acids is 3. The standard InChI is InChI=1S/C22H21BrN2O4.C21H34NO5PS.C20H26F3NO4.C17H22F3NO5S.C16H20BrNO4S/c23-17-7-5-14(6-8-17)9-18(26)11-15(22(29)25-13-21(27)28)10-16-12-24-20-4-2-1-3-19(16)20;1-6-26-28(25,27-7-2)15-22-21(24)18(12-16(3)4)14-19(23)13-17-8-10-20(29-5)11-9-17;1-12(2)9-14(17(26)24-19(3,4)18(27)28)11-16(25)10-13-5-7-15(8-6-13)20(21,22)23;1-11(2)7-13(16(23)21-10-27(24,25)26)9-15(22)8-12-3-5-14(6-4-12)17(18,19)20;1-23-7-6-12(16(22)18-10-15(20)21)9-14(19)8-11-2-4-13(17)5-3-11/h1-8,12,15,24H,9-11,13H2,(H,25,29)(H,27,28);8-11,16,18H,6-7,12-15H2,1-5H3,(H,22,24);5-8,12,14H,9-11H2,1-4H3,(H,24,26)(H,27,28);3-6,11,13H,7-10H2,1-2H3,(H,21,23)(H,24,25,26);2-5,12H,6-10H2,1H3,(H,18,22)(H,20,21)/t;18-;14-;13-;12-/m.1111/s1. The summed E-state index contributed by atoms with van der Waals surface area (Å²) in [4.78, 5) is 161. The number of amides is 5. The monoisotopic (exact) mass is 2110 g/mol. The van der Waals surface area contributed by atoms with E-state index in [2.05, 4.69) is 63.4 Å². The molecule has 0 fully saturated rings. The SMILES string of the molecule is CC(C)C[C@H](CC(=O)Cc1ccc(C(F)(F)F)cc1)C(=O)NC(C)(C)C(=O)O.CC(C)C[C@H](CC(=O)Cc1ccc(C(F)(F)F)cc1)C(=O)NCS(=O)(=O)O.CCOP(=O)(CNC(=O)[C@@H](CC(=O)Cc1ccc(SC)cc1)CC(C)C)OCC.CSCC[C@H](CC(=O)Cc1ccc(Br)cc1)C(=O)NCC(=O)O.O=C(O)CNC(=O)C(CC(=O)Cc1ccc(Br)cc1)Cc1c[nH]c2ccccc12. The van der Waals surface area contributed by atoms with Gasteiger partial charge in [-0.2, -0.15) is 46.5 Å². The molecule has 0 aliphatic carbocycles. The fourth-order valence-electron chi connectivity index (χ4n) is 13.6. The Morgan fingerprint density at radius 3 is 1.15 bits per heavy atom. The van der Waals surface area contributed by atoms with Crippen LogP contribution < -0.4 is 26.6 Å². The van der Waals surface area contributed by atoms with Crippen molar-refractivity contribution in [2.45, 2.75) is 188 Å². The van der Waals surface area contributed by atoms with E-state index < -0.39 is 131 Å². The summed E-state index contributed by atoms with van der Waals surface area (Å²) in [6.07, 6.45) is -0.549. The van der Waals surface area contributed by atoms with E-state index in [9.17, 15) is 102 Å². The molecule has 7 aromatic rings. The molecular weight excluding hydrogens is 1990 g/mol. The molecule has 1 aromatic heterocycles. The van der Waals surface area contributed by atoms with Crippen molar-refractivity contribution < 1.29 is 131 Å². The lowest BCUT2D eigenvalue weighted by atomic mass is 9.89. The van der Waals surface area contributed by atoms with E-state index in [0.717, 1.165) is 77.0 Å². The molecule has 28 nitrogen and oxygen atoms in total. The number of Topliss-reactive ketones (excluding diaryl/α,β-unsaturated/α-hetero) is 5. The predicted octanol–water partition coefficient (Wildman–Crippen LogP) is 17.6. The number of thioether (sulfide) groups is 2. The maximum absolute atomic E-state index is 12.7. The highest BCUT2D eigenvalue weighted by molar-refractivity contribution is 9.10. The Labute approximate surface area is 814 Å². The van der Waals surface area contributed by atoms with Gasteiger partial charge in [-0.15, -0.1) is 11.8 Å². The van der Waals surface area contributed by atoms with E-state index >= 15 is 0 Å². The summed E-state index contributed by atoms with van der Waals surface area (Å²) in [6.45, 7) is 17.1. The van der Waals surface area contributed by atoms with Crippen LogP contribution in [-0.2, 0) is 137 Å². The molecule has 0 radical (unpaired) electrons. The van der Waals surface area contributed by atoms with Crippen LogP contribution in [0.5, 0.6) is 0 Å². The molecule has 0 saturated heterocycles. The molecule has 0 aliphatic rings. The van der Waals surface area contributed by atoms with E-state index in [4.69, 9.17) is 28.9 Å². The van der Waals surface area contributed by atoms with Crippen LogP contribution in [0.2, 0.25) is 0 Å². The molecule has 1 heterocycles. The third-order valence-electron chi connectivity index (χ3n) is 20.2. The number of carboxylic acid groups (broad SMARTS) is 3. The van der Waals surface area contributed by atoms with Gasteiger partial charge in [0.25, 0.3) is 10.1 Å². The zero-order valence-corrected chi connectivity index (χ0v) is 84.5. The molecule has 7 rings (SSSR count). The number of ketones is 5. The summed E-state index contributed by atoms with van der Waals surface area (Å²) in [6, 6.07) is 39.0. The summed E-state index contributed by atoms with van der Waals surface area (Å²) in [5, 5.41) is 39.6. The summed E-state index contributed by atoms with van der Waals surface area (Å²) in [5.41, 5.74) is 2.31. The normalized spacial score (nSPS) is 12.6. The Hall–Kier alpha value is -9.73. The third-order valence-corrected chi connectivity index (χ3v) is 25.0. The second-order valence-electron chi connectivity index (χ2n) is 33.9. The molecule has 10 N–H and O–H groups in total. The van der Waals surface area contributed by atoms with Crippen LogP contribution in [0, 0.1) is 47.3 Å². The van der Waals surface area contributed by atoms with Crippen molar-refractivity contribution in [2.75, 3.05) is 56.7 Å². The fourth-order valence-corrected chi connectivity index (χ4v) is 16.8. The van der Waals surface area contributed by atoms with Gasteiger partial charge in [0.1, 0.15) is 59.7 Å². The van der Waals surface area contributed by atoms with Crippen molar-refractivity contribution in [3.05, 3.63) is 205 Å². The van der Waals surface area contributed by atoms with E-state index in [1.54, 1.807) is 37.4 Å². The molecule has 0 saturated carbocycles. The highest BCUT2D eigenvalue weighted by Gasteiger charge is 2.36. The van der Waals surface area contributed by atoms with E-state index in [1.165, 1.54) is 38.1 Å². The molecule has 5 amide bonds. The number of rotatable bonds is 51. The van der Waals surface area contributed by atoms with Gasteiger partial charge in [0.05, 0.1) is 24.3 Å². The molecule has 1 unspecified atom stereocenters. The number of aromatic amines is 1. The van der Waals surface area contributed by atoms with Crippen molar-refractivity contribution in [1.82, 2.24) is 31.6 Å². The average molecular weight is 2110 g/mol. The zero-order valence-electron chi connectivity index (χ0n) is 77.9. The van der Waals surface area contributed by atoms with Crippen molar-refractivity contribution in [2.24, 2.45) is 47.3 Å². The van der Waals surface area contributed by atoms with Crippen LogP contribution in [0.25, 0.3) is 10.9 Å². The topological polar surface area (TPSA) is 448 Å². The molecule has 0 spiro atoms. The minimum Gasteiger partial charge on any atom is -0.480 e. The first-order valence-corrected chi connectivity index (χ1v) is 51.1. The maximum atomic E-state index is 12.7. The van der Waals surface area contributed by atoms with Gasteiger partial charge in [0.15, 0.2) is 0 Å². The minimum atomic E-state index is -4.46. The molecule has 0 aliphatic heterocycles. The Kier molecular flexibility index (Phi) is 53.3. The summed E-state index contributed by atoms with van der Waals surface area (Å²) >= 11 is 9.95. The van der Waals surface area contributed by atoms with Crippen molar-refractivity contribution in [3.63, 3.8) is 0 Å². The number of hydrogen-bond acceptors (Lipinski definition) is 20. The first kappa shape index (κ1) is 120. The molecule has 136 heavy (non-hydrogen) atoms. The second kappa shape index (κ2) is 60.2. The van der Waals surface area contributed by atoms with Crippen LogP contribution in [0.4, 0.5) is 26.3 Å². The number of fused-ring (bicyclic) bond motifs is 1. The molecule has 6 aromatic carbocycles. The molecule has 5 atom stereocenters. The van der Waals surface area contributed by atoms with Crippen LogP contribution in [-0.4, -0.2) is 172 Å². The fraction of sp³-hybridized carbons (Fsp3) is 0.469. The Bertz CT molecular complexity index is 5220. The van der Waals surface area contributed by atoms with Crippen LogP contribution in [0.1, 0.15) is 172 Å². The van der Waals surface area contributed by atoms with E-state index in [-0.39, 0.29) is 136 Å². The maximum Gasteiger partial charge on any atom is 0.416 e. The van der Waals surface area contributed by atoms with Crippen LogP contribution in [0.3, 0.4) is 0 Å². The number of benzene rings is 6. The number of halogens is 8. The Balaban J connectivity index is 0.000000439. The lowest BCUT2D eigenvalue weighted by molar-refractivity contribution is -0.147. The molecular formula is C96H123Br2F6N6O22PS3. The number of alkyl halides is 6. The third kappa shape index (κ3) is 49.5. The van der Waals surface area contributed by atoms with E-state index in [0.29, 0.717) is 49.7 Å². The van der Waals surface area contributed by atoms with Crippen LogP contribution in [0.15, 0.2) is 166 Å². The summed E-state index contributed by atoms with van der Waals surface area (Å²) in [5.74, 6) is -9.33. The largest absolute Gasteiger partial charge is 0.480 e. The van der Waals surface area contributed by atoms with Gasteiger partial charge in [-0.3, -0.25) is 66.7 Å². The smallest absolute Gasteiger partial charge is 0.416 e. The predicted molar refractivity (Wildman–Crippen MR) is 516 cm³/mol. The number of aromatic nitrogens is 1. The van der Waals surface area contributed by atoms with E-state index in [1.807, 2.05) is 157 Å². The summed E-state index contributed by atoms with van der Waals surface area (Å²) < 4.78 is 130. The van der Waals surface area contributed by atoms with Gasteiger partial charge in [0, 0.05) is 125 Å². The number of carbonyl (C=O) groups is 13. The summed E-state index contributed by atoms with van der Waals surface area (Å²) in [7, 11) is -7.75.